The number of carbonyl (C=O) groups is 1. The zero-order valence-corrected chi connectivity index (χ0v) is 18.5. The number of carbonyl (C=O) groups excluding carboxylic acids is 1. The molecule has 1 aromatic carbocycles. The van der Waals surface area contributed by atoms with Crippen LogP contribution in [-0.2, 0) is 11.3 Å². The van der Waals surface area contributed by atoms with Gasteiger partial charge in [0.05, 0.1) is 18.2 Å². The van der Waals surface area contributed by atoms with Crippen LogP contribution in [0.25, 0.3) is 22.0 Å². The standard InChI is InChI=1S/C26H26N4O2/c1-18-5-4-6-20(13-18)16-30(19(2)17-32-3)26(31)25-14-22(21-7-10-27-11-8-21)23-15-28-12-9-24(23)29-25/h4-15,19H,16-17H2,1-3H3. The van der Waals surface area contributed by atoms with Gasteiger partial charge >= 0.3 is 0 Å². The predicted octanol–water partition coefficient (Wildman–Crippen LogP) is 4.68. The summed E-state index contributed by atoms with van der Waals surface area (Å²) in [5.74, 6) is -0.134. The van der Waals surface area contributed by atoms with Gasteiger partial charge < -0.3 is 9.64 Å². The molecular weight excluding hydrogens is 400 g/mol. The van der Waals surface area contributed by atoms with Crippen molar-refractivity contribution in [2.45, 2.75) is 26.4 Å². The molecule has 0 radical (unpaired) electrons. The van der Waals surface area contributed by atoms with Gasteiger partial charge in [0.15, 0.2) is 0 Å². The van der Waals surface area contributed by atoms with Crippen molar-refractivity contribution in [3.8, 4) is 11.1 Å². The van der Waals surface area contributed by atoms with Gasteiger partial charge in [-0.05, 0) is 54.8 Å². The number of ether oxygens (including phenoxy) is 1. The summed E-state index contributed by atoms with van der Waals surface area (Å²) in [4.78, 5) is 28.6. The maximum absolute atomic E-state index is 13.8. The second-order valence-electron chi connectivity index (χ2n) is 7.91. The van der Waals surface area contributed by atoms with Crippen molar-refractivity contribution in [3.63, 3.8) is 0 Å². The van der Waals surface area contributed by atoms with Crippen LogP contribution in [0.5, 0.6) is 0 Å². The van der Waals surface area contributed by atoms with Gasteiger partial charge in [0, 0.05) is 43.8 Å². The number of hydrogen-bond donors (Lipinski definition) is 0. The number of amides is 1. The molecule has 0 bridgehead atoms. The molecule has 1 unspecified atom stereocenters. The molecule has 6 heteroatoms. The first kappa shape index (κ1) is 21.6. The van der Waals surface area contributed by atoms with Gasteiger partial charge in [0.1, 0.15) is 5.69 Å². The van der Waals surface area contributed by atoms with E-state index < -0.39 is 0 Å². The second-order valence-corrected chi connectivity index (χ2v) is 7.91. The lowest BCUT2D eigenvalue weighted by atomic mass is 10.0. The topological polar surface area (TPSA) is 68.2 Å². The average molecular weight is 427 g/mol. The molecule has 0 aliphatic carbocycles. The highest BCUT2D eigenvalue weighted by atomic mass is 16.5. The van der Waals surface area contributed by atoms with E-state index in [0.29, 0.717) is 18.8 Å². The van der Waals surface area contributed by atoms with Crippen molar-refractivity contribution < 1.29 is 9.53 Å². The van der Waals surface area contributed by atoms with Gasteiger partial charge in [-0.1, -0.05) is 29.8 Å². The Morgan fingerprint density at radius 2 is 1.84 bits per heavy atom. The van der Waals surface area contributed by atoms with Crippen molar-refractivity contribution in [3.05, 3.63) is 90.1 Å². The van der Waals surface area contributed by atoms with Crippen LogP contribution in [0.15, 0.2) is 73.3 Å². The maximum Gasteiger partial charge on any atom is 0.273 e. The van der Waals surface area contributed by atoms with Crippen molar-refractivity contribution in [2.75, 3.05) is 13.7 Å². The van der Waals surface area contributed by atoms with Gasteiger partial charge in [0.2, 0.25) is 0 Å². The van der Waals surface area contributed by atoms with Crippen molar-refractivity contribution in [2.24, 2.45) is 0 Å². The first-order chi connectivity index (χ1) is 15.6. The third-order valence-electron chi connectivity index (χ3n) is 5.46. The molecule has 6 nitrogen and oxygen atoms in total. The normalized spacial score (nSPS) is 12.0. The average Bonchev–Trinajstić information content (AvgIpc) is 2.82. The summed E-state index contributed by atoms with van der Waals surface area (Å²) < 4.78 is 5.37. The molecule has 0 aliphatic heterocycles. The highest BCUT2D eigenvalue weighted by Gasteiger charge is 2.24. The molecule has 0 fully saturated rings. The van der Waals surface area contributed by atoms with E-state index in [9.17, 15) is 4.79 Å². The van der Waals surface area contributed by atoms with E-state index in [1.165, 1.54) is 0 Å². The van der Waals surface area contributed by atoms with Crippen LogP contribution in [0.3, 0.4) is 0 Å². The van der Waals surface area contributed by atoms with Gasteiger partial charge in [-0.15, -0.1) is 0 Å². The van der Waals surface area contributed by atoms with Gasteiger partial charge in [-0.3, -0.25) is 14.8 Å². The lowest BCUT2D eigenvalue weighted by Crippen LogP contribution is -2.41. The molecule has 0 N–H and O–H groups in total. The molecule has 1 amide bonds. The van der Waals surface area contributed by atoms with E-state index in [2.05, 4.69) is 16.0 Å². The Labute approximate surface area is 187 Å². The zero-order chi connectivity index (χ0) is 22.5. The first-order valence-corrected chi connectivity index (χ1v) is 10.6. The molecule has 1 atom stereocenters. The first-order valence-electron chi connectivity index (χ1n) is 10.6. The summed E-state index contributed by atoms with van der Waals surface area (Å²) in [6, 6.07) is 15.6. The quantitative estimate of drug-likeness (QED) is 0.429. The van der Waals surface area contributed by atoms with Gasteiger partial charge in [-0.2, -0.15) is 0 Å². The summed E-state index contributed by atoms with van der Waals surface area (Å²) in [6.45, 7) is 4.96. The summed E-state index contributed by atoms with van der Waals surface area (Å²) >= 11 is 0. The minimum absolute atomic E-state index is 0.118. The Bertz CT molecular complexity index is 1230. The molecule has 3 aromatic heterocycles. The van der Waals surface area contributed by atoms with E-state index in [1.807, 2.05) is 61.2 Å². The van der Waals surface area contributed by atoms with E-state index in [-0.39, 0.29) is 11.9 Å². The van der Waals surface area contributed by atoms with Crippen molar-refractivity contribution in [1.82, 2.24) is 19.9 Å². The molecular formula is C26H26N4O2. The van der Waals surface area contributed by atoms with Crippen LogP contribution in [0.4, 0.5) is 0 Å². The van der Waals surface area contributed by atoms with Crippen molar-refractivity contribution in [1.29, 1.82) is 0 Å². The lowest BCUT2D eigenvalue weighted by Gasteiger charge is -2.29. The Balaban J connectivity index is 1.78. The third-order valence-corrected chi connectivity index (χ3v) is 5.46. The van der Waals surface area contributed by atoms with Gasteiger partial charge in [-0.25, -0.2) is 4.98 Å². The molecule has 3 heterocycles. The zero-order valence-electron chi connectivity index (χ0n) is 18.5. The highest BCUT2D eigenvalue weighted by Crippen LogP contribution is 2.28. The van der Waals surface area contributed by atoms with Crippen LogP contribution >= 0.6 is 0 Å². The SMILES string of the molecule is COCC(C)N(Cc1cccc(C)c1)C(=O)c1cc(-c2ccncc2)c2cnccc2n1. The summed E-state index contributed by atoms with van der Waals surface area (Å²) in [6.07, 6.45) is 6.96. The van der Waals surface area contributed by atoms with Crippen LogP contribution in [0.2, 0.25) is 0 Å². The molecule has 0 spiro atoms. The number of pyridine rings is 3. The van der Waals surface area contributed by atoms with E-state index in [0.717, 1.165) is 33.2 Å². The largest absolute Gasteiger partial charge is 0.383 e. The molecule has 0 saturated heterocycles. The maximum atomic E-state index is 13.8. The van der Waals surface area contributed by atoms with Gasteiger partial charge in [0.25, 0.3) is 5.91 Å². The predicted molar refractivity (Wildman–Crippen MR) is 125 cm³/mol. The lowest BCUT2D eigenvalue weighted by molar-refractivity contribution is 0.0537. The van der Waals surface area contributed by atoms with E-state index in [1.54, 1.807) is 31.9 Å². The minimum Gasteiger partial charge on any atom is -0.383 e. The molecule has 162 valence electrons. The summed E-state index contributed by atoms with van der Waals surface area (Å²) in [7, 11) is 1.65. The van der Waals surface area contributed by atoms with E-state index >= 15 is 0 Å². The van der Waals surface area contributed by atoms with Crippen molar-refractivity contribution >= 4 is 16.8 Å². The Morgan fingerprint density at radius 3 is 2.59 bits per heavy atom. The third kappa shape index (κ3) is 4.65. The summed E-state index contributed by atoms with van der Waals surface area (Å²) in [5.41, 5.74) is 5.22. The minimum atomic E-state index is -0.134. The fourth-order valence-corrected chi connectivity index (χ4v) is 3.86. The van der Waals surface area contributed by atoms with E-state index in [4.69, 9.17) is 9.72 Å². The van der Waals surface area contributed by atoms with Crippen LogP contribution in [0.1, 0.15) is 28.5 Å². The molecule has 4 rings (SSSR count). The van der Waals surface area contributed by atoms with Crippen LogP contribution < -0.4 is 0 Å². The highest BCUT2D eigenvalue weighted by molar-refractivity contribution is 6.01. The Kier molecular flexibility index (Phi) is 6.52. The smallest absolute Gasteiger partial charge is 0.273 e. The molecule has 4 aromatic rings. The number of nitrogens with zero attached hydrogens (tertiary/aromatic N) is 4. The molecule has 0 saturated carbocycles. The summed E-state index contributed by atoms with van der Waals surface area (Å²) in [5, 5.41) is 0.894. The van der Waals surface area contributed by atoms with Crippen LogP contribution in [0, 0.1) is 6.92 Å². The monoisotopic (exact) mass is 426 g/mol. The number of rotatable bonds is 7. The number of aryl methyl sites for hydroxylation is 1. The van der Waals surface area contributed by atoms with Crippen LogP contribution in [-0.4, -0.2) is 45.5 Å². The Morgan fingerprint density at radius 1 is 1.06 bits per heavy atom. The Hall–Kier alpha value is -3.64. The molecule has 0 aliphatic rings. The fourth-order valence-electron chi connectivity index (χ4n) is 3.86. The molecule has 32 heavy (non-hydrogen) atoms. The number of methoxy groups -OCH3 is 1. The number of benzene rings is 1. The number of fused-ring (bicyclic) bond motifs is 1. The number of aromatic nitrogens is 3. The number of hydrogen-bond acceptors (Lipinski definition) is 5. The fraction of sp³-hybridized carbons (Fsp3) is 0.231. The second kappa shape index (κ2) is 9.66.